The van der Waals surface area contributed by atoms with Gasteiger partial charge in [0.1, 0.15) is 11.2 Å². The molecule has 0 bridgehead atoms. The molecule has 11 rings (SSSR count). The van der Waals surface area contributed by atoms with E-state index in [0.717, 1.165) is 60.7 Å². The van der Waals surface area contributed by atoms with Crippen molar-refractivity contribution in [3.63, 3.8) is 0 Å². The van der Waals surface area contributed by atoms with Gasteiger partial charge < -0.3 is 13.8 Å². The first-order valence-corrected chi connectivity index (χ1v) is 15.8. The molecule has 5 heterocycles. The third kappa shape index (κ3) is 4.34. The second-order valence-corrected chi connectivity index (χ2v) is 12.2. The summed E-state index contributed by atoms with van der Waals surface area (Å²) in [5, 5.41) is 10.4. The van der Waals surface area contributed by atoms with Crippen LogP contribution < -0.4 is 0 Å². The van der Waals surface area contributed by atoms with Crippen molar-refractivity contribution in [1.29, 1.82) is 0 Å². The molecule has 0 aliphatic heterocycles. The molecule has 5 aromatic heterocycles. The fourth-order valence-electron chi connectivity index (χ4n) is 7.30. The Hall–Kier alpha value is -5.61. The number of aryl methyl sites for hydroxylation is 3. The summed E-state index contributed by atoms with van der Waals surface area (Å²) in [6.07, 6.45) is 2.90. The van der Waals surface area contributed by atoms with Crippen molar-refractivity contribution < 1.29 is 36.9 Å². The summed E-state index contributed by atoms with van der Waals surface area (Å²) in [6, 6.07) is 41.7. The molecule has 0 saturated carbocycles. The predicted molar refractivity (Wildman–Crippen MR) is 203 cm³/mol. The molecule has 1 radical (unpaired) electrons. The predicted octanol–water partition coefficient (Wildman–Crippen LogP) is 11.7. The quantitative estimate of drug-likeness (QED) is 0.122. The van der Waals surface area contributed by atoms with Crippen LogP contribution in [0.25, 0.3) is 93.0 Å². The standard InChI is InChI=1S/C31H15N2O.C14H14N.Ir/c1-2-10-19-17(8-1)20-12-7-15-32-28(20)23-16-22-18-9-3-5-13-24(18)33-29(22)27(26(19)23)31-30(33)21-11-4-6-14-25(21)34-31;1-10-4-6-13(7-5-10)14-8-11(2)12(3)9-15-14;/h1-15H;4-6,8-9H,1-3H3;/q2*-1;/i;1D3,2D3,3D3;. The normalized spacial score (nSPS) is 15.2. The number of furan rings is 1. The van der Waals surface area contributed by atoms with Gasteiger partial charge in [0.25, 0.3) is 0 Å². The van der Waals surface area contributed by atoms with Gasteiger partial charge in [0, 0.05) is 61.3 Å². The monoisotopic (exact) mass is 829 g/mol. The van der Waals surface area contributed by atoms with E-state index in [1.807, 2.05) is 18.3 Å². The Morgan fingerprint density at radius 2 is 1.46 bits per heavy atom. The van der Waals surface area contributed by atoms with Gasteiger partial charge in [-0.2, -0.15) is 0 Å². The van der Waals surface area contributed by atoms with Gasteiger partial charge in [-0.15, -0.1) is 41.5 Å². The number of hydrogen-bond acceptors (Lipinski definition) is 3. The largest absolute Gasteiger partial charge is 0.455 e. The van der Waals surface area contributed by atoms with E-state index in [2.05, 4.69) is 94.3 Å². The van der Waals surface area contributed by atoms with Gasteiger partial charge >= 0.3 is 0 Å². The van der Waals surface area contributed by atoms with Gasteiger partial charge in [-0.05, 0) is 76.3 Å². The first kappa shape index (κ1) is 22.2. The summed E-state index contributed by atoms with van der Waals surface area (Å²) in [4.78, 5) is 8.85. The van der Waals surface area contributed by atoms with E-state index in [0.29, 0.717) is 5.56 Å². The third-order valence-corrected chi connectivity index (χ3v) is 9.41. The topological polar surface area (TPSA) is 43.3 Å². The van der Waals surface area contributed by atoms with E-state index < -0.39 is 20.6 Å². The maximum absolute atomic E-state index is 7.54. The number of para-hydroxylation sites is 2. The summed E-state index contributed by atoms with van der Waals surface area (Å²) < 4.78 is 75.9. The van der Waals surface area contributed by atoms with Crippen LogP contribution in [0.3, 0.4) is 0 Å². The van der Waals surface area contributed by atoms with Crippen LogP contribution in [-0.2, 0) is 20.1 Å². The number of rotatable bonds is 1. The molecule has 0 fully saturated rings. The van der Waals surface area contributed by atoms with Crippen molar-refractivity contribution in [3.8, 4) is 11.3 Å². The second-order valence-electron chi connectivity index (χ2n) is 12.2. The smallest absolute Gasteiger partial charge is 0.146 e. The maximum atomic E-state index is 7.54. The van der Waals surface area contributed by atoms with E-state index in [-0.39, 0.29) is 42.5 Å². The first-order valence-electron chi connectivity index (χ1n) is 20.3. The molecule has 6 aromatic carbocycles. The minimum absolute atomic E-state index is 0. The Labute approximate surface area is 314 Å². The molecule has 0 saturated heterocycles. The molecular formula is C45H29IrN3O-2. The summed E-state index contributed by atoms with van der Waals surface area (Å²) in [7, 11) is 0. The van der Waals surface area contributed by atoms with Crippen molar-refractivity contribution in [1.82, 2.24) is 14.4 Å². The molecule has 0 aliphatic carbocycles. The molecule has 241 valence electrons. The molecule has 50 heavy (non-hydrogen) atoms. The number of pyridine rings is 2. The van der Waals surface area contributed by atoms with Crippen LogP contribution in [0.5, 0.6) is 0 Å². The van der Waals surface area contributed by atoms with Crippen molar-refractivity contribution in [2.24, 2.45) is 0 Å². The summed E-state index contributed by atoms with van der Waals surface area (Å²) in [6.45, 7) is -7.47. The molecular weight excluding hydrogens is 791 g/mol. The molecule has 0 aliphatic rings. The van der Waals surface area contributed by atoms with Crippen LogP contribution in [0.1, 0.15) is 29.0 Å². The average molecular weight is 829 g/mol. The van der Waals surface area contributed by atoms with E-state index in [4.69, 9.17) is 21.7 Å². The number of fused-ring (bicyclic) bond motifs is 15. The Bertz CT molecular complexity index is 3420. The van der Waals surface area contributed by atoms with Crippen LogP contribution in [-0.4, -0.2) is 14.4 Å². The molecule has 4 nitrogen and oxygen atoms in total. The van der Waals surface area contributed by atoms with Crippen molar-refractivity contribution in [2.45, 2.75) is 20.6 Å². The fraction of sp³-hybridized carbons (Fsp3) is 0.0667. The average Bonchev–Trinajstić information content (AvgIpc) is 3.85. The molecule has 0 unspecified atom stereocenters. The van der Waals surface area contributed by atoms with Crippen LogP contribution in [0.2, 0.25) is 0 Å². The van der Waals surface area contributed by atoms with Crippen molar-refractivity contribution in [3.05, 3.63) is 150 Å². The summed E-state index contributed by atoms with van der Waals surface area (Å²) >= 11 is 0. The molecule has 11 aromatic rings. The van der Waals surface area contributed by atoms with Crippen molar-refractivity contribution >= 4 is 81.7 Å². The Kier molecular flexibility index (Phi) is 5.09. The zero-order valence-electron chi connectivity index (χ0n) is 35.1. The van der Waals surface area contributed by atoms with Crippen molar-refractivity contribution in [2.75, 3.05) is 0 Å². The van der Waals surface area contributed by atoms with Crippen LogP contribution in [0.15, 0.2) is 126 Å². The van der Waals surface area contributed by atoms with Gasteiger partial charge in [0.2, 0.25) is 0 Å². The van der Waals surface area contributed by atoms with Crippen LogP contribution >= 0.6 is 0 Å². The Morgan fingerprint density at radius 3 is 2.28 bits per heavy atom. The van der Waals surface area contributed by atoms with Gasteiger partial charge in [0.05, 0.1) is 5.52 Å². The number of benzene rings is 6. The number of nitrogens with zero attached hydrogens (tertiary/aromatic N) is 3. The van der Waals surface area contributed by atoms with Crippen LogP contribution in [0, 0.1) is 32.7 Å². The van der Waals surface area contributed by atoms with E-state index in [9.17, 15) is 0 Å². The zero-order valence-corrected chi connectivity index (χ0v) is 28.5. The maximum Gasteiger partial charge on any atom is 0.146 e. The number of aromatic nitrogens is 3. The number of hydrogen-bond donors (Lipinski definition) is 0. The minimum atomic E-state index is -2.61. The van der Waals surface area contributed by atoms with E-state index >= 15 is 0 Å². The molecule has 5 heteroatoms. The van der Waals surface area contributed by atoms with Gasteiger partial charge in [-0.1, -0.05) is 101 Å². The third-order valence-electron chi connectivity index (χ3n) is 9.41. The Morgan fingerprint density at radius 1 is 0.680 bits per heavy atom. The summed E-state index contributed by atoms with van der Waals surface area (Å²) in [5.74, 6) is 0. The Balaban J connectivity index is 0.000000160. The summed E-state index contributed by atoms with van der Waals surface area (Å²) in [5.41, 5.74) is 6.37. The fourth-order valence-corrected chi connectivity index (χ4v) is 7.30. The van der Waals surface area contributed by atoms with Gasteiger partial charge in [-0.3, -0.25) is 4.98 Å². The second kappa shape index (κ2) is 11.5. The van der Waals surface area contributed by atoms with Crippen LogP contribution in [0.4, 0.5) is 0 Å². The van der Waals surface area contributed by atoms with Gasteiger partial charge in [0.15, 0.2) is 0 Å². The zero-order chi connectivity index (χ0) is 40.3. The molecule has 0 amide bonds. The molecule has 0 N–H and O–H groups in total. The molecule has 0 atom stereocenters. The van der Waals surface area contributed by atoms with Gasteiger partial charge in [-0.25, -0.2) is 0 Å². The SMILES string of the molecule is [2H]C([2H])([2H])c1c[c-]c(-c2cc(C([2H])([2H])[2H])c(C([2H])([2H])[2H])cn2)cc1.[Ir].[c-]1c2c3ncccc3c3ccccc3c2c2c3oc4ccccc4c3n3c4ccccc4c1c23. The van der Waals surface area contributed by atoms with E-state index in [1.54, 1.807) is 0 Å². The van der Waals surface area contributed by atoms with E-state index in [1.165, 1.54) is 51.5 Å². The first-order chi connectivity index (χ1) is 27.7. The minimum Gasteiger partial charge on any atom is -0.455 e. The molecule has 0 spiro atoms.